The summed E-state index contributed by atoms with van der Waals surface area (Å²) in [6, 6.07) is 5.95. The van der Waals surface area contributed by atoms with E-state index in [0.717, 1.165) is 29.7 Å². The SMILES string of the molecule is CN1C(=O)Cc2cc(CNC(=O)C3CC3)ccc21. The van der Waals surface area contributed by atoms with Gasteiger partial charge in [0.25, 0.3) is 0 Å². The number of carbonyl (C=O) groups is 2. The summed E-state index contributed by atoms with van der Waals surface area (Å²) in [7, 11) is 1.79. The summed E-state index contributed by atoms with van der Waals surface area (Å²) in [5.41, 5.74) is 3.10. The number of benzene rings is 1. The number of carbonyl (C=O) groups excluding carboxylic acids is 2. The molecule has 3 rings (SSSR count). The van der Waals surface area contributed by atoms with E-state index >= 15 is 0 Å². The average Bonchev–Trinajstić information content (AvgIpc) is 3.16. The Morgan fingerprint density at radius 2 is 2.22 bits per heavy atom. The summed E-state index contributed by atoms with van der Waals surface area (Å²) in [5.74, 6) is 0.528. The van der Waals surface area contributed by atoms with Gasteiger partial charge in [-0.15, -0.1) is 0 Å². The zero-order chi connectivity index (χ0) is 12.7. The zero-order valence-electron chi connectivity index (χ0n) is 10.4. The van der Waals surface area contributed by atoms with Gasteiger partial charge in [-0.05, 0) is 30.0 Å². The fraction of sp³-hybridized carbons (Fsp3) is 0.429. The number of nitrogens with one attached hydrogen (secondary N) is 1. The van der Waals surface area contributed by atoms with E-state index in [1.54, 1.807) is 11.9 Å². The molecule has 0 spiro atoms. The maximum atomic E-state index is 11.6. The van der Waals surface area contributed by atoms with Crippen molar-refractivity contribution in [2.24, 2.45) is 5.92 Å². The molecule has 1 fully saturated rings. The van der Waals surface area contributed by atoms with Gasteiger partial charge < -0.3 is 10.2 Å². The molecule has 0 bridgehead atoms. The van der Waals surface area contributed by atoms with Crippen LogP contribution in [0.2, 0.25) is 0 Å². The molecule has 18 heavy (non-hydrogen) atoms. The van der Waals surface area contributed by atoms with Gasteiger partial charge in [-0.2, -0.15) is 0 Å². The first-order valence-corrected chi connectivity index (χ1v) is 6.31. The monoisotopic (exact) mass is 244 g/mol. The smallest absolute Gasteiger partial charge is 0.231 e. The lowest BCUT2D eigenvalue weighted by Gasteiger charge is -2.11. The van der Waals surface area contributed by atoms with Crippen LogP contribution in [-0.2, 0) is 22.6 Å². The molecule has 1 N–H and O–H groups in total. The summed E-state index contributed by atoms with van der Waals surface area (Å²) in [6.07, 6.45) is 2.51. The average molecular weight is 244 g/mol. The van der Waals surface area contributed by atoms with E-state index in [2.05, 4.69) is 5.32 Å². The molecule has 94 valence electrons. The normalized spacial score (nSPS) is 17.8. The predicted octanol–water partition coefficient (Wildman–Crippen LogP) is 1.23. The van der Waals surface area contributed by atoms with Crippen LogP contribution in [0.5, 0.6) is 0 Å². The minimum absolute atomic E-state index is 0.129. The quantitative estimate of drug-likeness (QED) is 0.869. The van der Waals surface area contributed by atoms with Crippen molar-refractivity contribution in [3.63, 3.8) is 0 Å². The van der Waals surface area contributed by atoms with Crippen molar-refractivity contribution in [3.8, 4) is 0 Å². The third-order valence-corrected chi connectivity index (χ3v) is 3.64. The Morgan fingerprint density at radius 1 is 1.44 bits per heavy atom. The third kappa shape index (κ3) is 1.98. The molecule has 4 nitrogen and oxygen atoms in total. The van der Waals surface area contributed by atoms with Crippen LogP contribution in [0.1, 0.15) is 24.0 Å². The minimum atomic E-state index is 0.129. The second kappa shape index (κ2) is 4.12. The molecule has 1 aliphatic heterocycles. The number of fused-ring (bicyclic) bond motifs is 1. The van der Waals surface area contributed by atoms with E-state index in [-0.39, 0.29) is 17.7 Å². The molecular weight excluding hydrogens is 228 g/mol. The fourth-order valence-electron chi connectivity index (χ4n) is 2.31. The number of hydrogen-bond donors (Lipinski definition) is 1. The Labute approximate surface area is 106 Å². The van der Waals surface area contributed by atoms with E-state index in [1.165, 1.54) is 0 Å². The highest BCUT2D eigenvalue weighted by Crippen LogP contribution is 2.30. The molecule has 0 saturated heterocycles. The van der Waals surface area contributed by atoms with Gasteiger partial charge >= 0.3 is 0 Å². The van der Waals surface area contributed by atoms with Gasteiger partial charge in [0.15, 0.2) is 0 Å². The number of likely N-dealkylation sites (N-methyl/N-ethyl adjacent to an activating group) is 1. The number of rotatable bonds is 3. The van der Waals surface area contributed by atoms with Gasteiger partial charge in [0.2, 0.25) is 11.8 Å². The fourth-order valence-corrected chi connectivity index (χ4v) is 2.31. The molecule has 1 saturated carbocycles. The van der Waals surface area contributed by atoms with Crippen molar-refractivity contribution in [1.29, 1.82) is 0 Å². The molecule has 0 unspecified atom stereocenters. The lowest BCUT2D eigenvalue weighted by Crippen LogP contribution is -2.24. The summed E-state index contributed by atoms with van der Waals surface area (Å²) >= 11 is 0. The van der Waals surface area contributed by atoms with Crippen molar-refractivity contribution >= 4 is 17.5 Å². The van der Waals surface area contributed by atoms with E-state index in [9.17, 15) is 9.59 Å². The van der Waals surface area contributed by atoms with Crippen LogP contribution >= 0.6 is 0 Å². The first-order chi connectivity index (χ1) is 8.65. The van der Waals surface area contributed by atoms with E-state index < -0.39 is 0 Å². The van der Waals surface area contributed by atoms with Crippen LogP contribution < -0.4 is 10.2 Å². The topological polar surface area (TPSA) is 49.4 Å². The van der Waals surface area contributed by atoms with E-state index in [1.807, 2.05) is 18.2 Å². The zero-order valence-corrected chi connectivity index (χ0v) is 10.4. The molecule has 1 aromatic rings. The Hall–Kier alpha value is -1.84. The molecule has 1 aliphatic carbocycles. The summed E-state index contributed by atoms with van der Waals surface area (Å²) < 4.78 is 0. The lowest BCUT2D eigenvalue weighted by molar-refractivity contribution is -0.122. The largest absolute Gasteiger partial charge is 0.352 e. The molecule has 0 atom stereocenters. The van der Waals surface area contributed by atoms with E-state index in [4.69, 9.17) is 0 Å². The molecule has 1 aromatic carbocycles. The van der Waals surface area contributed by atoms with Crippen LogP contribution in [0.15, 0.2) is 18.2 Å². The number of nitrogens with zero attached hydrogens (tertiary/aromatic N) is 1. The molecule has 0 aromatic heterocycles. The van der Waals surface area contributed by atoms with Crippen LogP contribution in [0, 0.1) is 5.92 Å². The Bertz CT molecular complexity index is 521. The maximum absolute atomic E-state index is 11.6. The summed E-state index contributed by atoms with van der Waals surface area (Å²) in [5, 5.41) is 2.94. The lowest BCUT2D eigenvalue weighted by atomic mass is 10.1. The Kier molecular flexibility index (Phi) is 2.58. The molecular formula is C14H16N2O2. The van der Waals surface area contributed by atoms with Crippen molar-refractivity contribution < 1.29 is 9.59 Å². The van der Waals surface area contributed by atoms with Gasteiger partial charge in [-0.3, -0.25) is 9.59 Å². The molecule has 1 heterocycles. The number of hydrogen-bond acceptors (Lipinski definition) is 2. The second-order valence-corrected chi connectivity index (χ2v) is 5.08. The first kappa shape index (κ1) is 11.3. The van der Waals surface area contributed by atoms with Gasteiger partial charge in [0, 0.05) is 25.2 Å². The first-order valence-electron chi connectivity index (χ1n) is 6.31. The second-order valence-electron chi connectivity index (χ2n) is 5.08. The van der Waals surface area contributed by atoms with Crippen LogP contribution in [0.3, 0.4) is 0 Å². The molecule has 2 amide bonds. The minimum Gasteiger partial charge on any atom is -0.352 e. The highest BCUT2D eigenvalue weighted by Gasteiger charge is 2.29. The Balaban J connectivity index is 1.69. The van der Waals surface area contributed by atoms with E-state index in [0.29, 0.717) is 13.0 Å². The van der Waals surface area contributed by atoms with Crippen molar-refractivity contribution in [2.45, 2.75) is 25.8 Å². The summed E-state index contributed by atoms with van der Waals surface area (Å²) in [4.78, 5) is 24.8. The predicted molar refractivity (Wildman–Crippen MR) is 68.1 cm³/mol. The van der Waals surface area contributed by atoms with Crippen LogP contribution in [0.4, 0.5) is 5.69 Å². The van der Waals surface area contributed by atoms with Crippen LogP contribution in [-0.4, -0.2) is 18.9 Å². The standard InChI is InChI=1S/C14H16N2O2/c1-16-12-5-2-9(6-11(12)7-13(16)17)8-15-14(18)10-3-4-10/h2,5-6,10H,3-4,7-8H2,1H3,(H,15,18). The number of amides is 2. The molecule has 2 aliphatic rings. The van der Waals surface area contributed by atoms with Gasteiger partial charge in [0.1, 0.15) is 0 Å². The summed E-state index contributed by atoms with van der Waals surface area (Å²) in [6.45, 7) is 0.556. The van der Waals surface area contributed by atoms with Crippen molar-refractivity contribution in [1.82, 2.24) is 5.32 Å². The molecule has 4 heteroatoms. The third-order valence-electron chi connectivity index (χ3n) is 3.64. The van der Waals surface area contributed by atoms with Gasteiger partial charge in [-0.1, -0.05) is 12.1 Å². The number of anilines is 1. The highest BCUT2D eigenvalue weighted by atomic mass is 16.2. The van der Waals surface area contributed by atoms with Crippen molar-refractivity contribution in [3.05, 3.63) is 29.3 Å². The Morgan fingerprint density at radius 3 is 2.94 bits per heavy atom. The molecule has 0 radical (unpaired) electrons. The maximum Gasteiger partial charge on any atom is 0.231 e. The van der Waals surface area contributed by atoms with Gasteiger partial charge in [-0.25, -0.2) is 0 Å². The van der Waals surface area contributed by atoms with Crippen molar-refractivity contribution in [2.75, 3.05) is 11.9 Å². The van der Waals surface area contributed by atoms with Crippen LogP contribution in [0.25, 0.3) is 0 Å². The van der Waals surface area contributed by atoms with Gasteiger partial charge in [0.05, 0.1) is 6.42 Å². The highest BCUT2D eigenvalue weighted by molar-refractivity contribution is 6.00.